The van der Waals surface area contributed by atoms with Crippen molar-refractivity contribution in [3.63, 3.8) is 0 Å². The van der Waals surface area contributed by atoms with Crippen LogP contribution >= 0.6 is 0 Å². The molecule has 0 aliphatic rings. The van der Waals surface area contributed by atoms with Gasteiger partial charge in [-0.05, 0) is 19.8 Å². The summed E-state index contributed by atoms with van der Waals surface area (Å²) in [6, 6.07) is 0. The van der Waals surface area contributed by atoms with Crippen molar-refractivity contribution in [2.24, 2.45) is 5.92 Å². The van der Waals surface area contributed by atoms with Crippen LogP contribution in [0.5, 0.6) is 0 Å². The number of carboxylic acid groups (broad SMARTS) is 1. The lowest BCUT2D eigenvalue weighted by Gasteiger charge is -2.06. The molecule has 0 aliphatic heterocycles. The highest BCUT2D eigenvalue weighted by Crippen LogP contribution is 2.06. The monoisotopic (exact) mass is 240 g/mol. The summed E-state index contributed by atoms with van der Waals surface area (Å²) in [5.41, 5.74) is 0.543. The molecule has 1 amide bonds. The lowest BCUT2D eigenvalue weighted by molar-refractivity contribution is -0.141. The van der Waals surface area contributed by atoms with Crippen molar-refractivity contribution in [3.05, 3.63) is 17.8 Å². The number of carbonyl (C=O) groups is 2. The van der Waals surface area contributed by atoms with Gasteiger partial charge < -0.3 is 14.8 Å². The summed E-state index contributed by atoms with van der Waals surface area (Å²) in [4.78, 5) is 25.9. The van der Waals surface area contributed by atoms with Crippen molar-refractivity contribution in [1.29, 1.82) is 0 Å². The van der Waals surface area contributed by atoms with Crippen molar-refractivity contribution in [3.8, 4) is 0 Å². The molecule has 1 unspecified atom stereocenters. The van der Waals surface area contributed by atoms with Crippen LogP contribution in [0.4, 0.5) is 0 Å². The third-order valence-electron chi connectivity index (χ3n) is 2.47. The van der Waals surface area contributed by atoms with Crippen LogP contribution in [0.2, 0.25) is 0 Å². The van der Waals surface area contributed by atoms with Gasteiger partial charge in [-0.25, -0.2) is 4.98 Å². The van der Waals surface area contributed by atoms with E-state index in [1.165, 1.54) is 6.39 Å². The van der Waals surface area contributed by atoms with Crippen LogP contribution in [0.15, 0.2) is 10.8 Å². The number of carbonyl (C=O) groups excluding carboxylic acids is 1. The maximum Gasteiger partial charge on any atom is 0.306 e. The molecule has 1 rings (SSSR count). The Bertz CT molecular complexity index is 400. The molecule has 1 aromatic rings. The number of aryl methyl sites for hydroxylation is 1. The Kier molecular flexibility index (Phi) is 4.68. The van der Waals surface area contributed by atoms with Gasteiger partial charge in [-0.15, -0.1) is 0 Å². The van der Waals surface area contributed by atoms with E-state index in [0.717, 1.165) is 0 Å². The number of rotatable bonds is 6. The van der Waals surface area contributed by atoms with Crippen LogP contribution in [-0.4, -0.2) is 28.5 Å². The van der Waals surface area contributed by atoms with Gasteiger partial charge in [0.1, 0.15) is 0 Å². The Morgan fingerprint density at radius 3 is 2.82 bits per heavy atom. The Hall–Kier alpha value is -1.85. The molecule has 0 saturated heterocycles. The van der Waals surface area contributed by atoms with Crippen LogP contribution in [0.1, 0.15) is 36.0 Å². The third-order valence-corrected chi connectivity index (χ3v) is 2.47. The first kappa shape index (κ1) is 13.2. The van der Waals surface area contributed by atoms with Gasteiger partial charge in [0.05, 0.1) is 11.6 Å². The molecule has 0 aliphatic carbocycles. The summed E-state index contributed by atoms with van der Waals surface area (Å²) in [7, 11) is 0. The van der Waals surface area contributed by atoms with E-state index < -0.39 is 5.97 Å². The Morgan fingerprint density at radius 2 is 2.29 bits per heavy atom. The van der Waals surface area contributed by atoms with Gasteiger partial charge in [0, 0.05) is 6.54 Å². The van der Waals surface area contributed by atoms with Crippen molar-refractivity contribution in [2.45, 2.75) is 26.7 Å². The first-order chi connectivity index (χ1) is 8.02. The summed E-state index contributed by atoms with van der Waals surface area (Å²) in [5, 5.41) is 11.3. The van der Waals surface area contributed by atoms with Crippen molar-refractivity contribution in [2.75, 3.05) is 6.54 Å². The predicted octanol–water partition coefficient (Wildman–Crippen LogP) is 1.21. The number of hydrogen-bond donors (Lipinski definition) is 2. The van der Waals surface area contributed by atoms with Crippen molar-refractivity contribution in [1.82, 2.24) is 10.3 Å². The highest BCUT2D eigenvalue weighted by Gasteiger charge is 2.14. The zero-order chi connectivity index (χ0) is 12.8. The van der Waals surface area contributed by atoms with Crippen LogP contribution < -0.4 is 5.32 Å². The smallest absolute Gasteiger partial charge is 0.306 e. The Morgan fingerprint density at radius 1 is 1.59 bits per heavy atom. The summed E-state index contributed by atoms with van der Waals surface area (Å²) in [5.74, 6) is -1.32. The fourth-order valence-electron chi connectivity index (χ4n) is 1.33. The van der Waals surface area contributed by atoms with Gasteiger partial charge in [-0.2, -0.15) is 0 Å². The number of hydrogen-bond acceptors (Lipinski definition) is 4. The largest absolute Gasteiger partial charge is 0.481 e. The van der Waals surface area contributed by atoms with Gasteiger partial charge >= 0.3 is 5.97 Å². The van der Waals surface area contributed by atoms with Crippen LogP contribution in [0.25, 0.3) is 0 Å². The molecule has 0 bridgehead atoms. The maximum absolute atomic E-state index is 11.5. The average Bonchev–Trinajstić information content (AvgIpc) is 2.70. The van der Waals surface area contributed by atoms with Gasteiger partial charge in [-0.3, -0.25) is 9.59 Å². The molecular weight excluding hydrogens is 224 g/mol. The number of amides is 1. The fraction of sp³-hybridized carbons (Fsp3) is 0.545. The SMILES string of the molecule is Cc1ncoc1C(=O)NCCCC(C)C(=O)O. The van der Waals surface area contributed by atoms with Gasteiger partial charge in [0.2, 0.25) is 5.76 Å². The first-order valence-electron chi connectivity index (χ1n) is 5.43. The molecule has 1 atom stereocenters. The molecule has 6 heteroatoms. The van der Waals surface area contributed by atoms with E-state index in [1.54, 1.807) is 13.8 Å². The molecule has 0 spiro atoms. The summed E-state index contributed by atoms with van der Waals surface area (Å²) in [6.07, 6.45) is 2.37. The molecule has 0 fully saturated rings. The number of aliphatic carboxylic acids is 1. The zero-order valence-corrected chi connectivity index (χ0v) is 9.90. The van der Waals surface area contributed by atoms with E-state index in [9.17, 15) is 9.59 Å². The average molecular weight is 240 g/mol. The van der Waals surface area contributed by atoms with E-state index >= 15 is 0 Å². The van der Waals surface area contributed by atoms with E-state index in [1.807, 2.05) is 0 Å². The summed E-state index contributed by atoms with van der Waals surface area (Å²) in [6.45, 7) is 3.76. The minimum atomic E-state index is -0.817. The highest BCUT2D eigenvalue weighted by atomic mass is 16.4. The molecule has 17 heavy (non-hydrogen) atoms. The lowest BCUT2D eigenvalue weighted by atomic mass is 10.1. The molecule has 6 nitrogen and oxygen atoms in total. The second-order valence-corrected chi connectivity index (χ2v) is 3.90. The van der Waals surface area contributed by atoms with Crippen LogP contribution in [-0.2, 0) is 4.79 Å². The number of oxazole rings is 1. The highest BCUT2D eigenvalue weighted by molar-refractivity contribution is 5.92. The molecule has 2 N–H and O–H groups in total. The maximum atomic E-state index is 11.5. The number of nitrogens with one attached hydrogen (secondary N) is 1. The lowest BCUT2D eigenvalue weighted by Crippen LogP contribution is -2.25. The van der Waals surface area contributed by atoms with E-state index in [2.05, 4.69) is 10.3 Å². The van der Waals surface area contributed by atoms with Crippen molar-refractivity contribution >= 4 is 11.9 Å². The Labute approximate surface area is 99.0 Å². The second-order valence-electron chi connectivity index (χ2n) is 3.90. The van der Waals surface area contributed by atoms with Gasteiger partial charge in [0.25, 0.3) is 5.91 Å². The molecule has 1 aromatic heterocycles. The molecule has 0 aromatic carbocycles. The molecule has 0 saturated carbocycles. The van der Waals surface area contributed by atoms with Crippen LogP contribution in [0.3, 0.4) is 0 Å². The quantitative estimate of drug-likeness (QED) is 0.729. The van der Waals surface area contributed by atoms with Crippen molar-refractivity contribution < 1.29 is 19.1 Å². The zero-order valence-electron chi connectivity index (χ0n) is 9.90. The van der Waals surface area contributed by atoms with Gasteiger partial charge in [0.15, 0.2) is 6.39 Å². The minimum Gasteiger partial charge on any atom is -0.481 e. The summed E-state index contributed by atoms with van der Waals surface area (Å²) >= 11 is 0. The second kappa shape index (κ2) is 6.03. The fourth-order valence-corrected chi connectivity index (χ4v) is 1.33. The molecule has 1 heterocycles. The number of nitrogens with zero attached hydrogens (tertiary/aromatic N) is 1. The van der Waals surface area contributed by atoms with Gasteiger partial charge in [-0.1, -0.05) is 6.92 Å². The molecular formula is C11H16N2O4. The summed E-state index contributed by atoms with van der Waals surface area (Å²) < 4.78 is 4.93. The van der Waals surface area contributed by atoms with Crippen LogP contribution in [0, 0.1) is 12.8 Å². The first-order valence-corrected chi connectivity index (χ1v) is 5.43. The normalized spacial score (nSPS) is 12.1. The van der Waals surface area contributed by atoms with E-state index in [0.29, 0.717) is 25.1 Å². The topological polar surface area (TPSA) is 92.4 Å². The van der Waals surface area contributed by atoms with E-state index in [-0.39, 0.29) is 17.6 Å². The Balaban J connectivity index is 2.26. The minimum absolute atomic E-state index is 0.205. The number of aromatic nitrogens is 1. The number of carboxylic acids is 1. The molecule has 0 radical (unpaired) electrons. The molecule has 94 valence electrons. The third kappa shape index (κ3) is 3.90. The standard InChI is InChI=1S/C11H16N2O4/c1-7(11(15)16)4-3-5-12-10(14)9-8(2)13-6-17-9/h6-7H,3-5H2,1-2H3,(H,12,14)(H,15,16). The predicted molar refractivity (Wildman–Crippen MR) is 59.6 cm³/mol. The van der Waals surface area contributed by atoms with E-state index in [4.69, 9.17) is 9.52 Å².